The van der Waals surface area contributed by atoms with Gasteiger partial charge in [-0.15, -0.1) is 0 Å². The summed E-state index contributed by atoms with van der Waals surface area (Å²) in [6.07, 6.45) is 6.60. The van der Waals surface area contributed by atoms with Gasteiger partial charge in [-0.3, -0.25) is 4.79 Å². The van der Waals surface area contributed by atoms with Gasteiger partial charge in [0.2, 0.25) is 0 Å². The fourth-order valence-electron chi connectivity index (χ4n) is 3.92. The van der Waals surface area contributed by atoms with E-state index in [4.69, 9.17) is 17.0 Å². The number of aromatic nitrogens is 1. The van der Waals surface area contributed by atoms with E-state index in [1.807, 2.05) is 12.1 Å². The van der Waals surface area contributed by atoms with Crippen LogP contribution in [0.4, 0.5) is 0 Å². The molecule has 2 N–H and O–H groups in total. The SMILES string of the molecule is CCc1ccc2[nH]c(=O)c(CN(C(=S)NCCCOC)C3CCCC3)cc2c1. The highest BCUT2D eigenvalue weighted by Gasteiger charge is 2.25. The number of fused-ring (bicyclic) bond motifs is 1. The average molecular weight is 402 g/mol. The molecule has 1 fully saturated rings. The molecule has 0 saturated heterocycles. The van der Waals surface area contributed by atoms with Gasteiger partial charge in [0.1, 0.15) is 0 Å². The molecule has 1 aromatic carbocycles. The molecule has 0 radical (unpaired) electrons. The third kappa shape index (κ3) is 5.11. The molecule has 1 saturated carbocycles. The van der Waals surface area contributed by atoms with Crippen LogP contribution in [0.1, 0.15) is 50.2 Å². The number of thiocarbonyl (C=S) groups is 1. The van der Waals surface area contributed by atoms with Crippen molar-refractivity contribution >= 4 is 28.2 Å². The van der Waals surface area contributed by atoms with Gasteiger partial charge in [0.15, 0.2) is 5.11 Å². The first kappa shape index (κ1) is 20.8. The summed E-state index contributed by atoms with van der Waals surface area (Å²) in [5.74, 6) is 0. The van der Waals surface area contributed by atoms with Crippen molar-refractivity contribution in [3.8, 4) is 0 Å². The Hall–Kier alpha value is -1.92. The van der Waals surface area contributed by atoms with Crippen LogP contribution in [0.2, 0.25) is 0 Å². The number of hydrogen-bond donors (Lipinski definition) is 2. The zero-order chi connectivity index (χ0) is 19.9. The second kappa shape index (κ2) is 10.0. The number of benzene rings is 1. The topological polar surface area (TPSA) is 57.4 Å². The Kier molecular flexibility index (Phi) is 7.45. The number of aryl methyl sites for hydroxylation is 1. The molecule has 152 valence electrons. The van der Waals surface area contributed by atoms with Crippen molar-refractivity contribution in [2.24, 2.45) is 0 Å². The van der Waals surface area contributed by atoms with Crippen LogP contribution >= 0.6 is 12.2 Å². The Morgan fingerprint density at radius 1 is 1.32 bits per heavy atom. The molecule has 0 aliphatic heterocycles. The van der Waals surface area contributed by atoms with Gasteiger partial charge in [0, 0.05) is 37.4 Å². The highest BCUT2D eigenvalue weighted by atomic mass is 32.1. The third-order valence-corrected chi connectivity index (χ3v) is 5.94. The van der Waals surface area contributed by atoms with Crippen LogP contribution in [-0.2, 0) is 17.7 Å². The van der Waals surface area contributed by atoms with Crippen LogP contribution < -0.4 is 10.9 Å². The summed E-state index contributed by atoms with van der Waals surface area (Å²) in [7, 11) is 1.71. The quantitative estimate of drug-likeness (QED) is 0.521. The molecular formula is C22H31N3O2S. The van der Waals surface area contributed by atoms with E-state index in [9.17, 15) is 4.79 Å². The molecule has 0 bridgehead atoms. The highest BCUT2D eigenvalue weighted by Crippen LogP contribution is 2.25. The van der Waals surface area contributed by atoms with Crippen LogP contribution in [0, 0.1) is 0 Å². The summed E-state index contributed by atoms with van der Waals surface area (Å²) in [6, 6.07) is 8.66. The van der Waals surface area contributed by atoms with Gasteiger partial charge in [0.05, 0.1) is 6.54 Å². The lowest BCUT2D eigenvalue weighted by atomic mass is 10.1. The molecular weight excluding hydrogens is 370 g/mol. The van der Waals surface area contributed by atoms with E-state index in [0.717, 1.165) is 53.8 Å². The van der Waals surface area contributed by atoms with Crippen molar-refractivity contribution < 1.29 is 4.74 Å². The Labute approximate surface area is 172 Å². The van der Waals surface area contributed by atoms with E-state index in [-0.39, 0.29) is 5.56 Å². The minimum atomic E-state index is -0.0260. The number of methoxy groups -OCH3 is 1. The number of nitrogens with one attached hydrogen (secondary N) is 2. The molecule has 0 spiro atoms. The molecule has 6 heteroatoms. The van der Waals surface area contributed by atoms with Crippen LogP contribution in [-0.4, -0.2) is 41.3 Å². The van der Waals surface area contributed by atoms with Gasteiger partial charge in [0.25, 0.3) is 5.56 Å². The van der Waals surface area contributed by atoms with E-state index < -0.39 is 0 Å². The Morgan fingerprint density at radius 2 is 2.11 bits per heavy atom. The third-order valence-electron chi connectivity index (χ3n) is 5.56. The van der Waals surface area contributed by atoms with Gasteiger partial charge in [-0.1, -0.05) is 25.8 Å². The van der Waals surface area contributed by atoms with Crippen molar-refractivity contribution in [1.82, 2.24) is 15.2 Å². The second-order valence-electron chi connectivity index (χ2n) is 7.54. The lowest BCUT2D eigenvalue weighted by molar-refractivity contribution is 0.195. The van der Waals surface area contributed by atoms with Crippen LogP contribution in [0.5, 0.6) is 0 Å². The molecule has 5 nitrogen and oxygen atoms in total. The molecule has 3 rings (SSSR count). The summed E-state index contributed by atoms with van der Waals surface area (Å²) in [4.78, 5) is 18.0. The largest absolute Gasteiger partial charge is 0.385 e. The molecule has 0 unspecified atom stereocenters. The van der Waals surface area contributed by atoms with Crippen molar-refractivity contribution in [3.63, 3.8) is 0 Å². The molecule has 1 aliphatic rings. The maximum Gasteiger partial charge on any atom is 0.253 e. The van der Waals surface area contributed by atoms with Gasteiger partial charge in [-0.05, 0) is 67.0 Å². The lowest BCUT2D eigenvalue weighted by Crippen LogP contribution is -2.45. The molecule has 0 atom stereocenters. The van der Waals surface area contributed by atoms with Crippen molar-refractivity contribution in [2.75, 3.05) is 20.3 Å². The summed E-state index contributed by atoms with van der Waals surface area (Å²) >= 11 is 5.70. The molecule has 1 heterocycles. The highest BCUT2D eigenvalue weighted by molar-refractivity contribution is 7.80. The summed E-state index contributed by atoms with van der Waals surface area (Å²) in [5.41, 5.74) is 2.91. The Morgan fingerprint density at radius 3 is 2.82 bits per heavy atom. The molecule has 2 aromatic rings. The number of H-pyrrole nitrogens is 1. The van der Waals surface area contributed by atoms with Crippen LogP contribution in [0.25, 0.3) is 10.9 Å². The molecule has 0 amide bonds. The smallest absolute Gasteiger partial charge is 0.253 e. The maximum atomic E-state index is 12.7. The lowest BCUT2D eigenvalue weighted by Gasteiger charge is -2.31. The minimum absolute atomic E-state index is 0.0260. The Bertz CT molecular complexity index is 858. The number of aromatic amines is 1. The van der Waals surface area contributed by atoms with E-state index in [2.05, 4.69) is 34.3 Å². The van der Waals surface area contributed by atoms with Crippen molar-refractivity contribution in [1.29, 1.82) is 0 Å². The molecule has 28 heavy (non-hydrogen) atoms. The minimum Gasteiger partial charge on any atom is -0.385 e. The van der Waals surface area contributed by atoms with Gasteiger partial charge in [-0.2, -0.15) is 0 Å². The summed E-state index contributed by atoms with van der Waals surface area (Å²) < 4.78 is 5.11. The first-order valence-corrected chi connectivity index (χ1v) is 10.7. The van der Waals surface area contributed by atoms with Gasteiger partial charge < -0.3 is 19.9 Å². The number of hydrogen-bond acceptors (Lipinski definition) is 3. The summed E-state index contributed by atoms with van der Waals surface area (Å²) in [5, 5.41) is 5.18. The fourth-order valence-corrected chi connectivity index (χ4v) is 4.23. The van der Waals surface area contributed by atoms with E-state index in [0.29, 0.717) is 19.2 Å². The van der Waals surface area contributed by atoms with Crippen LogP contribution in [0.3, 0.4) is 0 Å². The van der Waals surface area contributed by atoms with E-state index >= 15 is 0 Å². The fraction of sp³-hybridized carbons (Fsp3) is 0.545. The monoisotopic (exact) mass is 401 g/mol. The Balaban J connectivity index is 1.81. The standard InChI is InChI=1S/C22H31N3O2S/c1-3-16-9-10-20-17(13-16)14-18(21(26)24-20)15-25(19-7-4-5-8-19)22(28)23-11-6-12-27-2/h9-10,13-14,19H,3-8,11-12,15H2,1-2H3,(H,23,28)(H,24,26). The second-order valence-corrected chi connectivity index (χ2v) is 7.93. The van der Waals surface area contributed by atoms with E-state index in [1.165, 1.54) is 18.4 Å². The average Bonchev–Trinajstić information content (AvgIpc) is 3.23. The van der Waals surface area contributed by atoms with Gasteiger partial charge in [-0.25, -0.2) is 0 Å². The summed E-state index contributed by atoms with van der Waals surface area (Å²) in [6.45, 7) is 4.18. The predicted octanol–water partition coefficient (Wildman–Crippen LogP) is 3.75. The van der Waals surface area contributed by atoms with Crippen molar-refractivity contribution in [3.05, 3.63) is 45.7 Å². The number of pyridine rings is 1. The molecule has 1 aromatic heterocycles. The number of ether oxygens (including phenoxy) is 1. The van der Waals surface area contributed by atoms with Crippen LogP contribution in [0.15, 0.2) is 29.1 Å². The van der Waals surface area contributed by atoms with Crippen molar-refractivity contribution in [2.45, 2.75) is 58.0 Å². The number of rotatable bonds is 8. The number of nitrogens with zero attached hydrogens (tertiary/aromatic N) is 1. The zero-order valence-electron chi connectivity index (χ0n) is 16.9. The first-order valence-electron chi connectivity index (χ1n) is 10.3. The normalized spacial score (nSPS) is 14.5. The molecule has 1 aliphatic carbocycles. The van der Waals surface area contributed by atoms with Gasteiger partial charge >= 0.3 is 0 Å². The first-order chi connectivity index (χ1) is 13.6. The van der Waals surface area contributed by atoms with E-state index in [1.54, 1.807) is 7.11 Å². The predicted molar refractivity (Wildman–Crippen MR) is 119 cm³/mol. The maximum absolute atomic E-state index is 12.7. The zero-order valence-corrected chi connectivity index (χ0v) is 17.7.